The zero-order chi connectivity index (χ0) is 15.3. The quantitative estimate of drug-likeness (QED) is 0.829. The molecule has 0 aliphatic rings. The Kier molecular flexibility index (Phi) is 6.26. The largest absolute Gasteiger partial charge is 0.355 e. The number of benzene rings is 1. The van der Waals surface area contributed by atoms with E-state index in [1.165, 1.54) is 7.05 Å². The molecule has 0 fully saturated rings. The van der Waals surface area contributed by atoms with Gasteiger partial charge in [0.25, 0.3) is 0 Å². The monoisotopic (exact) mass is 338 g/mol. The average Bonchev–Trinajstić information content (AvgIpc) is 2.35. The highest BCUT2D eigenvalue weighted by Gasteiger charge is 2.17. The van der Waals surface area contributed by atoms with Gasteiger partial charge in [0.15, 0.2) is 0 Å². The molecule has 0 unspecified atom stereocenters. The highest BCUT2D eigenvalue weighted by molar-refractivity contribution is 7.90. The van der Waals surface area contributed by atoms with E-state index in [0.717, 1.165) is 5.56 Å². The van der Waals surface area contributed by atoms with Crippen molar-refractivity contribution in [1.29, 1.82) is 0 Å². The molecule has 0 spiro atoms. The standard InChI is InChI=1S/C12H16Cl2N2O3S/c1-8(12-9(13)4-3-5-10(12)14)6-16-11(17)7-20(18,19)15-2/h3-5,8,15H,6-7H2,1-2H3,(H,16,17)/t8-/m0/s1. The van der Waals surface area contributed by atoms with Crippen LogP contribution in [-0.2, 0) is 14.8 Å². The van der Waals surface area contributed by atoms with Crippen LogP contribution in [0.4, 0.5) is 0 Å². The van der Waals surface area contributed by atoms with Crippen molar-refractivity contribution in [3.8, 4) is 0 Å². The lowest BCUT2D eigenvalue weighted by atomic mass is 10.0. The van der Waals surface area contributed by atoms with Crippen molar-refractivity contribution in [3.63, 3.8) is 0 Å². The molecule has 0 bridgehead atoms. The van der Waals surface area contributed by atoms with Gasteiger partial charge in [-0.05, 0) is 24.7 Å². The third-order valence-corrected chi connectivity index (χ3v) is 4.65. The lowest BCUT2D eigenvalue weighted by Gasteiger charge is -2.16. The maximum absolute atomic E-state index is 11.5. The van der Waals surface area contributed by atoms with Crippen LogP contribution in [-0.4, -0.2) is 33.7 Å². The van der Waals surface area contributed by atoms with Crippen LogP contribution in [0.25, 0.3) is 0 Å². The molecule has 0 aromatic heterocycles. The minimum absolute atomic E-state index is 0.127. The molecule has 0 heterocycles. The summed E-state index contributed by atoms with van der Waals surface area (Å²) < 4.78 is 24.5. The van der Waals surface area contributed by atoms with E-state index in [-0.39, 0.29) is 12.5 Å². The number of carbonyl (C=O) groups excluding carboxylic acids is 1. The summed E-state index contributed by atoms with van der Waals surface area (Å²) in [6.07, 6.45) is 0. The molecule has 1 rings (SSSR count). The summed E-state index contributed by atoms with van der Waals surface area (Å²) in [4.78, 5) is 11.5. The molecule has 2 N–H and O–H groups in total. The molecule has 1 atom stereocenters. The second-order valence-corrected chi connectivity index (χ2v) is 7.04. The van der Waals surface area contributed by atoms with E-state index in [0.29, 0.717) is 10.0 Å². The Labute approximate surface area is 128 Å². The number of halogens is 2. The van der Waals surface area contributed by atoms with E-state index in [1.807, 2.05) is 6.92 Å². The molecule has 0 aliphatic heterocycles. The van der Waals surface area contributed by atoms with E-state index in [9.17, 15) is 13.2 Å². The number of carbonyl (C=O) groups is 1. The summed E-state index contributed by atoms with van der Waals surface area (Å²) in [6.45, 7) is 2.10. The molecule has 0 saturated carbocycles. The predicted molar refractivity (Wildman–Crippen MR) is 80.7 cm³/mol. The fourth-order valence-corrected chi connectivity index (χ4v) is 3.01. The van der Waals surface area contributed by atoms with E-state index in [1.54, 1.807) is 18.2 Å². The van der Waals surface area contributed by atoms with E-state index < -0.39 is 21.7 Å². The lowest BCUT2D eigenvalue weighted by Crippen LogP contribution is -2.36. The van der Waals surface area contributed by atoms with Gasteiger partial charge in [-0.1, -0.05) is 36.2 Å². The molecule has 1 aromatic rings. The van der Waals surface area contributed by atoms with Crippen LogP contribution >= 0.6 is 23.2 Å². The topological polar surface area (TPSA) is 75.3 Å². The molecule has 5 nitrogen and oxygen atoms in total. The summed E-state index contributed by atoms with van der Waals surface area (Å²) >= 11 is 12.1. The molecule has 0 radical (unpaired) electrons. The van der Waals surface area contributed by atoms with Gasteiger partial charge in [0.1, 0.15) is 5.75 Å². The second kappa shape index (κ2) is 7.26. The van der Waals surface area contributed by atoms with Crippen LogP contribution in [0.3, 0.4) is 0 Å². The van der Waals surface area contributed by atoms with E-state index >= 15 is 0 Å². The molecule has 20 heavy (non-hydrogen) atoms. The second-order valence-electron chi connectivity index (χ2n) is 4.30. The van der Waals surface area contributed by atoms with Crippen LogP contribution < -0.4 is 10.0 Å². The molecule has 0 saturated heterocycles. The van der Waals surface area contributed by atoms with Gasteiger partial charge in [-0.15, -0.1) is 0 Å². The van der Waals surface area contributed by atoms with Crippen LogP contribution in [0.2, 0.25) is 10.0 Å². The third-order valence-electron chi connectivity index (χ3n) is 2.73. The molecule has 0 aliphatic carbocycles. The lowest BCUT2D eigenvalue weighted by molar-refractivity contribution is -0.118. The summed E-state index contributed by atoms with van der Waals surface area (Å²) in [5.74, 6) is -1.31. The van der Waals surface area contributed by atoms with Gasteiger partial charge < -0.3 is 5.32 Å². The number of hydrogen-bond acceptors (Lipinski definition) is 3. The van der Waals surface area contributed by atoms with Crippen LogP contribution in [0.15, 0.2) is 18.2 Å². The molecular weight excluding hydrogens is 323 g/mol. The summed E-state index contributed by atoms with van der Waals surface area (Å²) in [7, 11) is -2.30. The molecule has 1 amide bonds. The van der Waals surface area contributed by atoms with Crippen molar-refractivity contribution >= 4 is 39.1 Å². The Bertz CT molecular complexity index is 570. The summed E-state index contributed by atoms with van der Waals surface area (Å²) in [6, 6.07) is 5.16. The van der Waals surface area contributed by atoms with Crippen LogP contribution in [0.1, 0.15) is 18.4 Å². The van der Waals surface area contributed by atoms with Crippen LogP contribution in [0.5, 0.6) is 0 Å². The molecule has 112 valence electrons. The highest BCUT2D eigenvalue weighted by Crippen LogP contribution is 2.30. The van der Waals surface area contributed by atoms with Crippen molar-refractivity contribution in [2.75, 3.05) is 19.3 Å². The normalized spacial score (nSPS) is 13.0. The van der Waals surface area contributed by atoms with Crippen molar-refractivity contribution in [1.82, 2.24) is 10.0 Å². The number of nitrogens with one attached hydrogen (secondary N) is 2. The minimum Gasteiger partial charge on any atom is -0.355 e. The SMILES string of the molecule is CNS(=O)(=O)CC(=O)NC[C@H](C)c1c(Cl)cccc1Cl. The average molecular weight is 339 g/mol. The van der Waals surface area contributed by atoms with Crippen molar-refractivity contribution < 1.29 is 13.2 Å². The maximum Gasteiger partial charge on any atom is 0.236 e. The van der Waals surface area contributed by atoms with Gasteiger partial charge >= 0.3 is 0 Å². The Morgan fingerprint density at radius 1 is 1.30 bits per heavy atom. The number of sulfonamides is 1. The summed E-state index contributed by atoms with van der Waals surface area (Å²) in [5, 5.41) is 3.58. The number of amides is 1. The predicted octanol–water partition coefficient (Wildman–Crippen LogP) is 1.76. The van der Waals surface area contributed by atoms with Crippen LogP contribution in [0, 0.1) is 0 Å². The Morgan fingerprint density at radius 3 is 2.35 bits per heavy atom. The van der Waals surface area contributed by atoms with Crippen molar-refractivity contribution in [3.05, 3.63) is 33.8 Å². The van der Waals surface area contributed by atoms with Crippen molar-refractivity contribution in [2.45, 2.75) is 12.8 Å². The Morgan fingerprint density at radius 2 is 1.85 bits per heavy atom. The fraction of sp³-hybridized carbons (Fsp3) is 0.417. The van der Waals surface area contributed by atoms with Gasteiger partial charge in [-0.25, -0.2) is 13.1 Å². The fourth-order valence-electron chi connectivity index (χ4n) is 1.65. The minimum atomic E-state index is -3.56. The summed E-state index contributed by atoms with van der Waals surface area (Å²) in [5.41, 5.74) is 0.729. The smallest absolute Gasteiger partial charge is 0.236 e. The van der Waals surface area contributed by atoms with E-state index in [4.69, 9.17) is 23.2 Å². The zero-order valence-corrected chi connectivity index (χ0v) is 13.4. The van der Waals surface area contributed by atoms with Gasteiger partial charge in [-0.2, -0.15) is 0 Å². The third kappa shape index (κ3) is 4.94. The molecule has 1 aromatic carbocycles. The zero-order valence-electron chi connectivity index (χ0n) is 11.1. The van der Waals surface area contributed by atoms with Gasteiger partial charge in [0, 0.05) is 22.5 Å². The van der Waals surface area contributed by atoms with Gasteiger partial charge in [0.2, 0.25) is 15.9 Å². The van der Waals surface area contributed by atoms with Gasteiger partial charge in [0.05, 0.1) is 0 Å². The molecule has 8 heteroatoms. The van der Waals surface area contributed by atoms with Gasteiger partial charge in [-0.3, -0.25) is 4.79 Å². The highest BCUT2D eigenvalue weighted by atomic mass is 35.5. The first-order valence-electron chi connectivity index (χ1n) is 5.88. The first kappa shape index (κ1) is 17.2. The number of rotatable bonds is 6. The Hall–Kier alpha value is -0.820. The Balaban J connectivity index is 2.64. The first-order chi connectivity index (χ1) is 9.26. The first-order valence-corrected chi connectivity index (χ1v) is 8.29. The van der Waals surface area contributed by atoms with Crippen molar-refractivity contribution in [2.24, 2.45) is 0 Å². The van der Waals surface area contributed by atoms with E-state index in [2.05, 4.69) is 10.0 Å². The molecular formula is C12H16Cl2N2O3S. The maximum atomic E-state index is 11.5. The number of hydrogen-bond donors (Lipinski definition) is 2.